The second kappa shape index (κ2) is 4.47. The van der Waals surface area contributed by atoms with Gasteiger partial charge in [0.2, 0.25) is 0 Å². The molecule has 0 heterocycles. The first-order valence-corrected chi connectivity index (χ1v) is 5.04. The Hall–Kier alpha value is -1.02. The molecule has 0 unspecified atom stereocenters. The molecule has 0 fully saturated rings. The highest BCUT2D eigenvalue weighted by atomic mass is 16.6. The number of hydrogen-bond acceptors (Lipinski definition) is 2. The number of hydrogen-bond donors (Lipinski definition) is 1. The van der Waals surface area contributed by atoms with Gasteiger partial charge in [0.25, 0.3) is 0 Å². The van der Waals surface area contributed by atoms with Gasteiger partial charge in [-0.3, -0.25) is 0 Å². The molecule has 0 spiro atoms. The molecule has 0 saturated heterocycles. The number of benzene rings is 1. The van der Waals surface area contributed by atoms with Crippen molar-refractivity contribution in [3.8, 4) is 5.75 Å². The zero-order valence-electron chi connectivity index (χ0n) is 9.42. The van der Waals surface area contributed by atoms with Crippen molar-refractivity contribution in [2.24, 2.45) is 0 Å². The molecule has 0 aromatic heterocycles. The minimum absolute atomic E-state index is 0.205. The first kappa shape index (κ1) is 11.1. The lowest BCUT2D eigenvalue weighted by Gasteiger charge is -2.19. The zero-order chi connectivity index (χ0) is 10.6. The summed E-state index contributed by atoms with van der Waals surface area (Å²) in [5, 5.41) is 0. The predicted octanol–water partition coefficient (Wildman–Crippen LogP) is 2.89. The van der Waals surface area contributed by atoms with Crippen LogP contribution in [-0.2, 0) is 5.41 Å². The molecule has 78 valence electrons. The van der Waals surface area contributed by atoms with Crippen LogP contribution in [0.25, 0.3) is 0 Å². The molecule has 1 N–H and O–H groups in total. The quantitative estimate of drug-likeness (QED) is 0.745. The third-order valence-electron chi connectivity index (χ3n) is 2.05. The monoisotopic (exact) mass is 193 g/mol. The Labute approximate surface area is 86.2 Å². The Kier molecular flexibility index (Phi) is 3.53. The average molecular weight is 193 g/mol. The van der Waals surface area contributed by atoms with E-state index in [1.54, 1.807) is 0 Å². The van der Waals surface area contributed by atoms with Crippen molar-refractivity contribution >= 4 is 0 Å². The highest BCUT2D eigenvalue weighted by molar-refractivity contribution is 5.30. The fourth-order valence-electron chi connectivity index (χ4n) is 1.18. The Morgan fingerprint density at radius 3 is 2.14 bits per heavy atom. The van der Waals surface area contributed by atoms with E-state index in [2.05, 4.69) is 38.4 Å². The normalized spacial score (nSPS) is 11.4. The maximum Gasteiger partial charge on any atom is 0.147 e. The van der Waals surface area contributed by atoms with Gasteiger partial charge in [-0.2, -0.15) is 5.48 Å². The van der Waals surface area contributed by atoms with Crippen molar-refractivity contribution in [1.29, 1.82) is 0 Å². The van der Waals surface area contributed by atoms with Gasteiger partial charge < -0.3 is 4.84 Å². The highest BCUT2D eigenvalue weighted by Gasteiger charge is 2.12. The largest absolute Gasteiger partial charge is 0.409 e. The summed E-state index contributed by atoms with van der Waals surface area (Å²) in [7, 11) is 0. The van der Waals surface area contributed by atoms with Crippen molar-refractivity contribution in [2.75, 3.05) is 6.54 Å². The van der Waals surface area contributed by atoms with Crippen LogP contribution in [0.15, 0.2) is 24.3 Å². The average Bonchev–Trinajstić information content (AvgIpc) is 2.14. The molecule has 0 bridgehead atoms. The molecule has 0 saturated carbocycles. The molecule has 14 heavy (non-hydrogen) atoms. The minimum Gasteiger partial charge on any atom is -0.409 e. The van der Waals surface area contributed by atoms with Crippen molar-refractivity contribution < 1.29 is 4.84 Å². The van der Waals surface area contributed by atoms with Gasteiger partial charge in [-0.25, -0.2) is 0 Å². The molecule has 0 aliphatic carbocycles. The smallest absolute Gasteiger partial charge is 0.147 e. The molecule has 0 aliphatic rings. The second-order valence-electron chi connectivity index (χ2n) is 4.37. The molecular weight excluding hydrogens is 174 g/mol. The summed E-state index contributed by atoms with van der Waals surface area (Å²) in [5.41, 5.74) is 4.35. The fourth-order valence-corrected chi connectivity index (χ4v) is 1.18. The van der Waals surface area contributed by atoms with Crippen LogP contribution in [-0.4, -0.2) is 6.54 Å². The van der Waals surface area contributed by atoms with Crippen molar-refractivity contribution in [1.82, 2.24) is 5.48 Å². The van der Waals surface area contributed by atoms with Crippen LogP contribution in [0.1, 0.15) is 33.3 Å². The zero-order valence-corrected chi connectivity index (χ0v) is 9.42. The summed E-state index contributed by atoms with van der Waals surface area (Å²) in [6.45, 7) is 9.41. The Morgan fingerprint density at radius 2 is 1.71 bits per heavy atom. The molecule has 0 atom stereocenters. The Bertz CT molecular complexity index is 271. The first-order chi connectivity index (χ1) is 6.54. The number of rotatable bonds is 3. The van der Waals surface area contributed by atoms with Gasteiger partial charge in [0.1, 0.15) is 5.75 Å². The maximum absolute atomic E-state index is 5.27. The molecule has 1 aromatic carbocycles. The van der Waals surface area contributed by atoms with E-state index >= 15 is 0 Å². The maximum atomic E-state index is 5.27. The van der Waals surface area contributed by atoms with E-state index in [1.807, 2.05) is 19.1 Å². The highest BCUT2D eigenvalue weighted by Crippen LogP contribution is 2.23. The van der Waals surface area contributed by atoms with Crippen molar-refractivity contribution in [3.05, 3.63) is 29.8 Å². The summed E-state index contributed by atoms with van der Waals surface area (Å²) in [6.07, 6.45) is 0. The van der Waals surface area contributed by atoms with E-state index in [0.717, 1.165) is 12.3 Å². The second-order valence-corrected chi connectivity index (χ2v) is 4.37. The van der Waals surface area contributed by atoms with Crippen molar-refractivity contribution in [2.45, 2.75) is 33.1 Å². The van der Waals surface area contributed by atoms with Gasteiger partial charge in [0.15, 0.2) is 0 Å². The standard InChI is InChI=1S/C12H19NO/c1-5-13-14-11-8-6-10(7-9-11)12(2,3)4/h6-9,13H,5H2,1-4H3. The van der Waals surface area contributed by atoms with Gasteiger partial charge in [-0.15, -0.1) is 0 Å². The van der Waals surface area contributed by atoms with E-state index in [0.29, 0.717) is 0 Å². The molecule has 0 radical (unpaired) electrons. The third kappa shape index (κ3) is 3.04. The fraction of sp³-hybridized carbons (Fsp3) is 0.500. The van der Waals surface area contributed by atoms with Crippen LogP contribution in [0.4, 0.5) is 0 Å². The summed E-state index contributed by atoms with van der Waals surface area (Å²) < 4.78 is 0. The summed E-state index contributed by atoms with van der Waals surface area (Å²) in [6, 6.07) is 8.19. The van der Waals surface area contributed by atoms with Crippen LogP contribution in [0, 0.1) is 0 Å². The molecule has 0 amide bonds. The summed E-state index contributed by atoms with van der Waals surface area (Å²) in [4.78, 5) is 5.27. The summed E-state index contributed by atoms with van der Waals surface area (Å²) in [5.74, 6) is 0.861. The third-order valence-corrected chi connectivity index (χ3v) is 2.05. The van der Waals surface area contributed by atoms with E-state index < -0.39 is 0 Å². The van der Waals surface area contributed by atoms with Gasteiger partial charge >= 0.3 is 0 Å². The minimum atomic E-state index is 0.205. The predicted molar refractivity (Wildman–Crippen MR) is 59.4 cm³/mol. The molecule has 2 nitrogen and oxygen atoms in total. The van der Waals surface area contributed by atoms with Gasteiger partial charge in [0, 0.05) is 6.54 Å². The molecule has 1 rings (SSSR count). The van der Waals surface area contributed by atoms with E-state index in [1.165, 1.54) is 5.56 Å². The Morgan fingerprint density at radius 1 is 1.14 bits per heavy atom. The van der Waals surface area contributed by atoms with Gasteiger partial charge in [0.05, 0.1) is 0 Å². The molecular formula is C12H19NO. The Balaban J connectivity index is 2.69. The molecule has 0 aliphatic heterocycles. The topological polar surface area (TPSA) is 21.3 Å². The SMILES string of the molecule is CCNOc1ccc(C(C)(C)C)cc1. The van der Waals surface area contributed by atoms with Gasteiger partial charge in [-0.05, 0) is 30.0 Å². The lowest BCUT2D eigenvalue weighted by Crippen LogP contribution is -2.17. The van der Waals surface area contributed by atoms with Gasteiger partial charge in [-0.1, -0.05) is 32.9 Å². The lowest BCUT2D eigenvalue weighted by atomic mass is 9.87. The van der Waals surface area contributed by atoms with Crippen LogP contribution < -0.4 is 10.3 Å². The van der Waals surface area contributed by atoms with Crippen LogP contribution in [0.5, 0.6) is 5.75 Å². The number of nitrogens with one attached hydrogen (secondary N) is 1. The number of hydroxylamine groups is 1. The van der Waals surface area contributed by atoms with Crippen LogP contribution in [0.3, 0.4) is 0 Å². The van der Waals surface area contributed by atoms with E-state index in [9.17, 15) is 0 Å². The first-order valence-electron chi connectivity index (χ1n) is 5.04. The molecule has 1 aromatic rings. The lowest BCUT2D eigenvalue weighted by molar-refractivity contribution is 0.202. The van der Waals surface area contributed by atoms with Crippen molar-refractivity contribution in [3.63, 3.8) is 0 Å². The molecule has 2 heteroatoms. The van der Waals surface area contributed by atoms with Crippen LogP contribution >= 0.6 is 0 Å². The van der Waals surface area contributed by atoms with E-state index in [-0.39, 0.29) is 5.41 Å². The summed E-state index contributed by atoms with van der Waals surface area (Å²) >= 11 is 0. The van der Waals surface area contributed by atoms with Crippen LogP contribution in [0.2, 0.25) is 0 Å². The van der Waals surface area contributed by atoms with E-state index in [4.69, 9.17) is 4.84 Å².